The summed E-state index contributed by atoms with van der Waals surface area (Å²) in [5.41, 5.74) is 0. The molecule has 0 aromatic heterocycles. The van der Waals surface area contributed by atoms with Crippen molar-refractivity contribution in [3.05, 3.63) is 0 Å². The van der Waals surface area contributed by atoms with Crippen molar-refractivity contribution in [3.63, 3.8) is 0 Å². The van der Waals surface area contributed by atoms with Crippen LogP contribution in [0.5, 0.6) is 0 Å². The summed E-state index contributed by atoms with van der Waals surface area (Å²) in [5, 5.41) is 109. The van der Waals surface area contributed by atoms with Crippen molar-refractivity contribution >= 4 is 0 Å². The molecule has 3 aliphatic heterocycles. The van der Waals surface area contributed by atoms with E-state index < -0.39 is 112 Å². The van der Waals surface area contributed by atoms with Crippen LogP contribution in [0.2, 0.25) is 0 Å². The molecule has 0 aliphatic carbocycles. The molecule has 5 unspecified atom stereocenters. The topological polar surface area (TPSA) is 269 Å². The smallest absolute Gasteiger partial charge is 0.224 e. The molecule has 0 bridgehead atoms. The fourth-order valence-corrected chi connectivity index (χ4v) is 4.01. The Morgan fingerprint density at radius 1 is 0.588 bits per heavy atom. The molecule has 14 atom stereocenters. The molecule has 16 heteroatoms. The second-order valence-electron chi connectivity index (χ2n) is 8.41. The van der Waals surface area contributed by atoms with Crippen molar-refractivity contribution in [2.45, 2.75) is 85.5 Å². The molecular weight excluding hydrogens is 472 g/mol. The molecule has 0 radical (unpaired) electrons. The maximum Gasteiger partial charge on any atom is 0.224 e. The summed E-state index contributed by atoms with van der Waals surface area (Å²) in [6.07, 6.45) is -21.8. The molecule has 34 heavy (non-hydrogen) atoms. The number of aliphatic hydroxyl groups is 11. The molecule has 3 rings (SSSR count). The van der Waals surface area contributed by atoms with Crippen molar-refractivity contribution < 1.29 is 79.9 Å². The molecule has 0 saturated carbocycles. The summed E-state index contributed by atoms with van der Waals surface area (Å²) in [4.78, 5) is 0. The van der Waals surface area contributed by atoms with Gasteiger partial charge >= 0.3 is 0 Å². The average molecular weight is 504 g/mol. The molecule has 3 heterocycles. The maximum absolute atomic E-state index is 10.3. The van der Waals surface area contributed by atoms with E-state index in [1.54, 1.807) is 0 Å². The fraction of sp³-hybridized carbons (Fsp3) is 1.00. The van der Waals surface area contributed by atoms with Gasteiger partial charge in [-0.05, 0) is 0 Å². The minimum Gasteiger partial charge on any atom is -0.394 e. The van der Waals surface area contributed by atoms with Gasteiger partial charge in [0, 0.05) is 0 Å². The molecule has 0 spiro atoms. The van der Waals surface area contributed by atoms with Crippen LogP contribution in [0, 0.1) is 0 Å². The highest BCUT2D eigenvalue weighted by Gasteiger charge is 2.58. The lowest BCUT2D eigenvalue weighted by atomic mass is 9.98. The number of aliphatic hydroxyl groups excluding tert-OH is 11. The van der Waals surface area contributed by atoms with Gasteiger partial charge in [-0.15, -0.1) is 0 Å². The Morgan fingerprint density at radius 3 is 1.65 bits per heavy atom. The van der Waals surface area contributed by atoms with Crippen LogP contribution in [0.4, 0.5) is 0 Å². The Kier molecular flexibility index (Phi) is 9.18. The second-order valence-corrected chi connectivity index (χ2v) is 8.41. The molecule has 3 aliphatic rings. The van der Waals surface area contributed by atoms with E-state index in [9.17, 15) is 56.2 Å². The summed E-state index contributed by atoms with van der Waals surface area (Å²) in [6.45, 7) is -3.14. The largest absolute Gasteiger partial charge is 0.394 e. The lowest BCUT2D eigenvalue weighted by Crippen LogP contribution is -2.63. The van der Waals surface area contributed by atoms with E-state index in [4.69, 9.17) is 23.7 Å². The van der Waals surface area contributed by atoms with E-state index in [0.717, 1.165) is 0 Å². The predicted octanol–water partition coefficient (Wildman–Crippen LogP) is -7.57. The number of hydrogen-bond acceptors (Lipinski definition) is 16. The van der Waals surface area contributed by atoms with Crippen LogP contribution in [0.1, 0.15) is 0 Å². The third-order valence-electron chi connectivity index (χ3n) is 6.16. The fourth-order valence-electron chi connectivity index (χ4n) is 4.01. The van der Waals surface area contributed by atoms with Crippen LogP contribution in [-0.2, 0) is 23.7 Å². The Balaban J connectivity index is 1.69. The molecule has 11 N–H and O–H groups in total. The van der Waals surface area contributed by atoms with Crippen LogP contribution in [0.15, 0.2) is 0 Å². The van der Waals surface area contributed by atoms with Gasteiger partial charge in [0.05, 0.1) is 19.8 Å². The van der Waals surface area contributed by atoms with Crippen LogP contribution < -0.4 is 0 Å². The summed E-state index contributed by atoms with van der Waals surface area (Å²) >= 11 is 0. The van der Waals surface area contributed by atoms with Gasteiger partial charge in [0.1, 0.15) is 73.8 Å². The zero-order chi connectivity index (χ0) is 25.4. The second kappa shape index (κ2) is 11.2. The van der Waals surface area contributed by atoms with Gasteiger partial charge in [-0.2, -0.15) is 0 Å². The van der Waals surface area contributed by atoms with Crippen molar-refractivity contribution in [3.8, 4) is 0 Å². The monoisotopic (exact) mass is 504 g/mol. The first-order valence-electron chi connectivity index (χ1n) is 10.6. The van der Waals surface area contributed by atoms with E-state index in [-0.39, 0.29) is 0 Å². The zero-order valence-corrected chi connectivity index (χ0v) is 17.8. The lowest BCUT2D eigenvalue weighted by molar-refractivity contribution is -0.388. The predicted molar refractivity (Wildman–Crippen MR) is 101 cm³/mol. The first kappa shape index (κ1) is 27.9. The van der Waals surface area contributed by atoms with Gasteiger partial charge in [-0.3, -0.25) is 0 Å². The molecule has 0 aromatic rings. The summed E-state index contributed by atoms with van der Waals surface area (Å²) in [7, 11) is 0. The molecular formula is C18H32O16. The van der Waals surface area contributed by atoms with Gasteiger partial charge in [0.25, 0.3) is 0 Å². The summed E-state index contributed by atoms with van der Waals surface area (Å²) in [6, 6.07) is 0. The number of hydrogen-bond donors (Lipinski definition) is 11. The maximum atomic E-state index is 10.3. The first-order valence-corrected chi connectivity index (χ1v) is 10.6. The minimum atomic E-state index is -2.36. The SMILES string of the molecule is OCC1O[C@H](OCC2O[C@@H](O[C@]3(CO)O[C@H](CO)C(O)[C@H]3O)[C@@H](O)C(O)[C@H]2O)[C@@H](O)C(O)[C@H]1O. The molecule has 200 valence electrons. The van der Waals surface area contributed by atoms with Crippen molar-refractivity contribution in [1.82, 2.24) is 0 Å². The van der Waals surface area contributed by atoms with E-state index in [1.807, 2.05) is 0 Å². The van der Waals surface area contributed by atoms with Gasteiger partial charge in [-0.25, -0.2) is 0 Å². The molecule has 0 aromatic carbocycles. The standard InChI is InChI=1S/C18H32O16/c19-1-5-8(22)11(25)13(27)16(31-5)30-3-7-9(23)12(26)14(28)17(32-7)34-18(4-21)15(29)10(24)6(2-20)33-18/h5-17,19-29H,1-4H2/t5?,6-,7?,8+,9+,10?,11?,12?,13+,14+,15-,16+,17+,18+/m1/s1. The van der Waals surface area contributed by atoms with Crippen LogP contribution in [0.25, 0.3) is 0 Å². The van der Waals surface area contributed by atoms with Crippen molar-refractivity contribution in [1.29, 1.82) is 0 Å². The third-order valence-corrected chi connectivity index (χ3v) is 6.16. The third kappa shape index (κ3) is 5.09. The van der Waals surface area contributed by atoms with Crippen LogP contribution in [-0.4, -0.2) is 168 Å². The molecule has 16 nitrogen and oxygen atoms in total. The van der Waals surface area contributed by atoms with Gasteiger partial charge in [0.2, 0.25) is 5.79 Å². The highest BCUT2D eigenvalue weighted by atomic mass is 16.8. The Bertz CT molecular complexity index is 653. The van der Waals surface area contributed by atoms with Crippen molar-refractivity contribution in [2.75, 3.05) is 26.4 Å². The normalized spacial score (nSPS) is 52.1. The Morgan fingerprint density at radius 2 is 1.12 bits per heavy atom. The van der Waals surface area contributed by atoms with Crippen LogP contribution >= 0.6 is 0 Å². The first-order chi connectivity index (χ1) is 16.0. The lowest BCUT2D eigenvalue weighted by Gasteiger charge is -2.44. The quantitative estimate of drug-likeness (QED) is 0.146. The van der Waals surface area contributed by atoms with E-state index >= 15 is 0 Å². The zero-order valence-electron chi connectivity index (χ0n) is 17.8. The highest BCUT2D eigenvalue weighted by molar-refractivity contribution is 4.98. The number of rotatable bonds is 8. The van der Waals surface area contributed by atoms with Gasteiger partial charge in [-0.1, -0.05) is 0 Å². The van der Waals surface area contributed by atoms with Gasteiger partial charge in [0.15, 0.2) is 12.6 Å². The summed E-state index contributed by atoms with van der Waals surface area (Å²) in [5.74, 6) is -2.36. The molecule has 3 fully saturated rings. The van der Waals surface area contributed by atoms with E-state index in [1.165, 1.54) is 0 Å². The van der Waals surface area contributed by atoms with Gasteiger partial charge < -0.3 is 79.9 Å². The van der Waals surface area contributed by atoms with Crippen LogP contribution in [0.3, 0.4) is 0 Å². The Hall–Kier alpha value is -0.640. The Labute approximate surface area is 192 Å². The highest BCUT2D eigenvalue weighted by Crippen LogP contribution is 2.36. The summed E-state index contributed by atoms with van der Waals surface area (Å²) < 4.78 is 26.4. The van der Waals surface area contributed by atoms with E-state index in [2.05, 4.69) is 0 Å². The molecule has 3 saturated heterocycles. The average Bonchev–Trinajstić information content (AvgIpc) is 3.08. The number of ether oxygens (including phenoxy) is 5. The molecule has 0 amide bonds. The van der Waals surface area contributed by atoms with E-state index in [0.29, 0.717) is 0 Å². The minimum absolute atomic E-state index is 0.634. The van der Waals surface area contributed by atoms with Crippen molar-refractivity contribution in [2.24, 2.45) is 0 Å².